The minimum Gasteiger partial charge on any atom is -0.268 e. The summed E-state index contributed by atoms with van der Waals surface area (Å²) >= 11 is 0. The fourth-order valence-corrected chi connectivity index (χ4v) is 0.990. The summed E-state index contributed by atoms with van der Waals surface area (Å²) in [5, 5.41) is 11.1. The summed E-state index contributed by atoms with van der Waals surface area (Å²) in [7, 11) is 1.80. The van der Waals surface area contributed by atoms with E-state index < -0.39 is 0 Å². The van der Waals surface area contributed by atoms with E-state index in [0.717, 1.165) is 11.4 Å². The van der Waals surface area contributed by atoms with Crippen LogP contribution < -0.4 is 0 Å². The van der Waals surface area contributed by atoms with E-state index in [0.29, 0.717) is 0 Å². The fraction of sp³-hybridized carbons (Fsp3) is 0.125. The zero-order valence-corrected chi connectivity index (χ0v) is 9.33. The molecule has 0 aliphatic carbocycles. The summed E-state index contributed by atoms with van der Waals surface area (Å²) in [6.07, 6.45) is 0. The summed E-state index contributed by atoms with van der Waals surface area (Å²) in [5.41, 5.74) is 0.907. The van der Waals surface area contributed by atoms with Crippen molar-refractivity contribution < 1.29 is 20.1 Å². The molecule has 0 N–H and O–H groups in total. The van der Waals surface area contributed by atoms with Gasteiger partial charge in [-0.3, -0.25) is 4.68 Å². The maximum absolute atomic E-state index is 3.86. The Balaban J connectivity index is 0.000000845. The van der Waals surface area contributed by atoms with Gasteiger partial charge in [-0.15, -0.1) is 35.9 Å². The third kappa shape index (κ3) is 1.99. The van der Waals surface area contributed by atoms with E-state index in [1.165, 1.54) is 0 Å². The molecule has 1 aromatic carbocycles. The Bertz CT molecular complexity index is 371. The average molecular weight is 351 g/mol. The molecular formula is C8H7IrN4-. The molecule has 1 heterocycles. The molecule has 2 aromatic rings. The maximum atomic E-state index is 3.86. The largest absolute Gasteiger partial charge is 0.268 e. The zero-order valence-electron chi connectivity index (χ0n) is 6.93. The first-order valence-corrected chi connectivity index (χ1v) is 3.57. The Labute approximate surface area is 89.3 Å². The van der Waals surface area contributed by atoms with Crippen LogP contribution in [0.1, 0.15) is 0 Å². The molecule has 69 valence electrons. The van der Waals surface area contributed by atoms with Crippen molar-refractivity contribution in [2.75, 3.05) is 0 Å². The van der Waals surface area contributed by atoms with Gasteiger partial charge in [0.25, 0.3) is 0 Å². The van der Waals surface area contributed by atoms with Crippen LogP contribution in [0.4, 0.5) is 0 Å². The van der Waals surface area contributed by atoms with Crippen molar-refractivity contribution >= 4 is 0 Å². The van der Waals surface area contributed by atoms with E-state index >= 15 is 0 Å². The Morgan fingerprint density at radius 1 is 1.38 bits per heavy atom. The molecule has 2 rings (SSSR count). The second kappa shape index (κ2) is 4.25. The molecule has 0 unspecified atom stereocenters. The van der Waals surface area contributed by atoms with E-state index in [1.54, 1.807) is 11.7 Å². The number of rotatable bonds is 1. The molecule has 0 saturated heterocycles. The van der Waals surface area contributed by atoms with Crippen molar-refractivity contribution in [2.45, 2.75) is 0 Å². The Morgan fingerprint density at radius 2 is 2.23 bits per heavy atom. The molecule has 0 atom stereocenters. The van der Waals surface area contributed by atoms with Crippen molar-refractivity contribution in [3.8, 4) is 11.4 Å². The smallest absolute Gasteiger partial charge is 0.0981 e. The van der Waals surface area contributed by atoms with Crippen LogP contribution in [-0.2, 0) is 27.2 Å². The average Bonchev–Trinajstić information content (AvgIpc) is 2.53. The molecule has 0 aliphatic rings. The number of tetrazole rings is 1. The van der Waals surface area contributed by atoms with Crippen LogP contribution in [0, 0.1) is 6.07 Å². The van der Waals surface area contributed by atoms with Crippen LogP contribution in [0.25, 0.3) is 11.4 Å². The van der Waals surface area contributed by atoms with Gasteiger partial charge in [0.1, 0.15) is 0 Å². The Kier molecular flexibility index (Phi) is 3.28. The predicted molar refractivity (Wildman–Crippen MR) is 43.1 cm³/mol. The number of aryl methyl sites for hydroxylation is 1. The monoisotopic (exact) mass is 352 g/mol. The third-order valence-electron chi connectivity index (χ3n) is 1.57. The van der Waals surface area contributed by atoms with Gasteiger partial charge < -0.3 is 0 Å². The SMILES string of the molecule is Cn1nnnc1-c1[c-]cccc1.[Ir]. The van der Waals surface area contributed by atoms with Gasteiger partial charge in [0, 0.05) is 27.2 Å². The second-order valence-corrected chi connectivity index (χ2v) is 2.40. The molecule has 4 nitrogen and oxygen atoms in total. The summed E-state index contributed by atoms with van der Waals surface area (Å²) in [6, 6.07) is 10.6. The van der Waals surface area contributed by atoms with Crippen molar-refractivity contribution in [2.24, 2.45) is 7.05 Å². The molecule has 1 radical (unpaired) electrons. The van der Waals surface area contributed by atoms with Crippen molar-refractivity contribution in [3.05, 3.63) is 30.3 Å². The summed E-state index contributed by atoms with van der Waals surface area (Å²) in [4.78, 5) is 0. The Hall–Kier alpha value is -1.06. The molecule has 13 heavy (non-hydrogen) atoms. The van der Waals surface area contributed by atoms with E-state index in [-0.39, 0.29) is 20.1 Å². The quantitative estimate of drug-likeness (QED) is 0.710. The number of hydrogen-bond acceptors (Lipinski definition) is 3. The van der Waals surface area contributed by atoms with Crippen LogP contribution in [0.3, 0.4) is 0 Å². The minimum absolute atomic E-state index is 0. The van der Waals surface area contributed by atoms with E-state index in [9.17, 15) is 0 Å². The predicted octanol–water partition coefficient (Wildman–Crippen LogP) is 0.675. The summed E-state index contributed by atoms with van der Waals surface area (Å²) in [5.74, 6) is 0.732. The van der Waals surface area contributed by atoms with E-state index in [1.807, 2.05) is 24.3 Å². The first kappa shape index (κ1) is 10.0. The van der Waals surface area contributed by atoms with Crippen LogP contribution in [0.5, 0.6) is 0 Å². The van der Waals surface area contributed by atoms with Crippen LogP contribution in [0.15, 0.2) is 24.3 Å². The molecule has 0 spiro atoms. The fourth-order valence-electron chi connectivity index (χ4n) is 0.990. The van der Waals surface area contributed by atoms with Crippen LogP contribution >= 0.6 is 0 Å². The van der Waals surface area contributed by atoms with E-state index in [4.69, 9.17) is 0 Å². The molecule has 0 bridgehead atoms. The zero-order chi connectivity index (χ0) is 8.39. The molecule has 0 saturated carbocycles. The topological polar surface area (TPSA) is 43.6 Å². The standard InChI is InChI=1S/C8H7N4.Ir/c1-12-8(9-10-11-12)7-5-3-2-4-6-7;/h2-5H,1H3;/q-1;. The van der Waals surface area contributed by atoms with Gasteiger partial charge in [0.05, 0.1) is 5.82 Å². The third-order valence-corrected chi connectivity index (χ3v) is 1.57. The maximum Gasteiger partial charge on any atom is 0.0981 e. The first-order valence-electron chi connectivity index (χ1n) is 3.57. The normalized spacial score (nSPS) is 9.31. The van der Waals surface area contributed by atoms with Crippen LogP contribution in [0.2, 0.25) is 0 Å². The first-order chi connectivity index (χ1) is 5.88. The minimum atomic E-state index is 0. The van der Waals surface area contributed by atoms with Gasteiger partial charge in [-0.25, -0.2) is 0 Å². The number of hydrogen-bond donors (Lipinski definition) is 0. The van der Waals surface area contributed by atoms with Gasteiger partial charge >= 0.3 is 0 Å². The number of aromatic nitrogens is 4. The molecule has 5 heteroatoms. The van der Waals surface area contributed by atoms with Crippen molar-refractivity contribution in [1.29, 1.82) is 0 Å². The van der Waals surface area contributed by atoms with Gasteiger partial charge in [-0.1, -0.05) is 5.21 Å². The summed E-state index contributed by atoms with van der Waals surface area (Å²) < 4.78 is 1.62. The van der Waals surface area contributed by atoms with Gasteiger partial charge in [0.2, 0.25) is 0 Å². The second-order valence-electron chi connectivity index (χ2n) is 2.40. The molecule has 1 aromatic heterocycles. The molecular weight excluding hydrogens is 344 g/mol. The van der Waals surface area contributed by atoms with Gasteiger partial charge in [-0.2, -0.15) is 5.10 Å². The Morgan fingerprint density at radius 3 is 2.77 bits per heavy atom. The number of nitrogens with zero attached hydrogens (tertiary/aromatic N) is 4. The van der Waals surface area contributed by atoms with Crippen molar-refractivity contribution in [3.63, 3.8) is 0 Å². The van der Waals surface area contributed by atoms with Gasteiger partial charge in [-0.05, 0) is 5.21 Å². The van der Waals surface area contributed by atoms with E-state index in [2.05, 4.69) is 21.6 Å². The summed E-state index contributed by atoms with van der Waals surface area (Å²) in [6.45, 7) is 0. The molecule has 0 aliphatic heterocycles. The molecule has 0 fully saturated rings. The van der Waals surface area contributed by atoms with Crippen LogP contribution in [-0.4, -0.2) is 20.2 Å². The molecule has 0 amide bonds. The number of benzene rings is 1. The van der Waals surface area contributed by atoms with Crippen molar-refractivity contribution in [1.82, 2.24) is 20.2 Å². The van der Waals surface area contributed by atoms with Gasteiger partial charge in [0.15, 0.2) is 0 Å².